The molecule has 0 saturated carbocycles. The van der Waals surface area contributed by atoms with Crippen LogP contribution in [0.25, 0.3) is 0 Å². The van der Waals surface area contributed by atoms with Gasteiger partial charge in [-0.3, -0.25) is 19.3 Å². The molecule has 1 saturated heterocycles. The topological polar surface area (TPSA) is 66.5 Å². The van der Waals surface area contributed by atoms with Crippen molar-refractivity contribution >= 4 is 47.0 Å². The molecule has 10 heteroatoms. The molecule has 0 aromatic heterocycles. The van der Waals surface area contributed by atoms with E-state index in [0.717, 1.165) is 16.7 Å². The Balaban J connectivity index is 0.000000401. The van der Waals surface area contributed by atoms with Crippen molar-refractivity contribution in [1.29, 1.82) is 0 Å². The van der Waals surface area contributed by atoms with Gasteiger partial charge in [0.05, 0.1) is 5.69 Å². The number of hydrogen-bond acceptors (Lipinski definition) is 4. The number of imide groups is 1. The molecule has 0 spiro atoms. The maximum atomic E-state index is 12.2. The molecule has 2 aliphatic rings. The fourth-order valence-electron chi connectivity index (χ4n) is 3.68. The first-order valence-corrected chi connectivity index (χ1v) is 10.0. The van der Waals surface area contributed by atoms with Gasteiger partial charge in [-0.2, -0.15) is 13.2 Å². The third-order valence-electron chi connectivity index (χ3n) is 4.96. The van der Waals surface area contributed by atoms with E-state index in [1.165, 1.54) is 4.90 Å². The van der Waals surface area contributed by atoms with Crippen molar-refractivity contribution in [2.24, 2.45) is 0 Å². The van der Waals surface area contributed by atoms with Crippen LogP contribution in [0.15, 0.2) is 36.4 Å². The summed E-state index contributed by atoms with van der Waals surface area (Å²) in [6, 6.07) is 11.2. The van der Waals surface area contributed by atoms with Crippen molar-refractivity contribution in [3.05, 3.63) is 63.1 Å². The Bertz CT molecular complexity index is 1010. The first-order chi connectivity index (χ1) is 14.6. The van der Waals surface area contributed by atoms with Crippen LogP contribution in [-0.2, 0) is 20.9 Å². The van der Waals surface area contributed by atoms with Gasteiger partial charge in [0.15, 0.2) is 0 Å². The number of anilines is 1. The molecule has 0 unspecified atom stereocenters. The molecule has 2 aliphatic heterocycles. The summed E-state index contributed by atoms with van der Waals surface area (Å²) in [6.07, 6.45) is -5.17. The molecule has 0 aliphatic carbocycles. The molecule has 2 aromatic carbocycles. The lowest BCUT2D eigenvalue weighted by Gasteiger charge is -2.30. The number of alkyl halides is 3. The number of amides is 2. The molecule has 1 atom stereocenters. The van der Waals surface area contributed by atoms with Gasteiger partial charge in [-0.05, 0) is 34.9 Å². The minimum atomic E-state index is -4.64. The third-order valence-corrected chi connectivity index (χ3v) is 5.51. The Morgan fingerprint density at radius 3 is 2.26 bits per heavy atom. The van der Waals surface area contributed by atoms with Crippen LogP contribution in [0.2, 0.25) is 10.0 Å². The van der Waals surface area contributed by atoms with Crippen molar-refractivity contribution in [2.75, 3.05) is 11.4 Å². The second-order valence-electron chi connectivity index (χ2n) is 6.98. The smallest absolute Gasteiger partial charge is 0.312 e. The average molecular weight is 473 g/mol. The predicted octanol–water partition coefficient (Wildman–Crippen LogP) is 4.63. The second-order valence-corrected chi connectivity index (χ2v) is 7.82. The van der Waals surface area contributed by atoms with Crippen LogP contribution in [0.1, 0.15) is 35.4 Å². The van der Waals surface area contributed by atoms with Crippen molar-refractivity contribution in [2.45, 2.75) is 31.5 Å². The Hall–Kier alpha value is -2.42. The van der Waals surface area contributed by atoms with Gasteiger partial charge >= 0.3 is 6.18 Å². The quantitative estimate of drug-likeness (QED) is 0.511. The minimum Gasteiger partial charge on any atom is -0.312 e. The number of aldehydes is 1. The summed E-state index contributed by atoms with van der Waals surface area (Å²) in [5, 5.41) is 4.59. The van der Waals surface area contributed by atoms with Crippen molar-refractivity contribution < 1.29 is 27.6 Å². The molecule has 2 amide bonds. The number of carbonyl (C=O) groups is 3. The standard InChI is InChI=1S/C19H16Cl2N2O2.C2HF3O/c20-11-7-13-14(9-22-10-15(13)16(21)8-11)12-3-1-2-4-17(12)23-18(24)5-6-19(23)25;3-2(4,5)1-6/h1-4,7-8,14,22H,5-6,9-10H2;1H/t14-;/m0./s1. The Kier molecular flexibility index (Phi) is 7.03. The lowest BCUT2D eigenvalue weighted by atomic mass is 9.84. The second kappa shape index (κ2) is 9.38. The molecule has 1 fully saturated rings. The zero-order chi connectivity index (χ0) is 22.8. The van der Waals surface area contributed by atoms with Crippen LogP contribution < -0.4 is 10.2 Å². The van der Waals surface area contributed by atoms with Crippen LogP contribution in [0.4, 0.5) is 18.9 Å². The summed E-state index contributed by atoms with van der Waals surface area (Å²) in [5.41, 5.74) is 3.64. The number of nitrogens with zero attached hydrogens (tertiary/aromatic N) is 1. The number of carbonyl (C=O) groups excluding carboxylic acids is 3. The molecule has 2 aromatic rings. The van der Waals surface area contributed by atoms with Crippen LogP contribution in [0.5, 0.6) is 0 Å². The van der Waals surface area contributed by atoms with E-state index < -0.39 is 12.5 Å². The van der Waals surface area contributed by atoms with Crippen LogP contribution >= 0.6 is 23.2 Å². The van der Waals surface area contributed by atoms with E-state index in [1.54, 1.807) is 6.07 Å². The van der Waals surface area contributed by atoms with Gasteiger partial charge in [0.2, 0.25) is 18.1 Å². The summed E-state index contributed by atoms with van der Waals surface area (Å²) in [7, 11) is 0. The molecule has 4 rings (SSSR count). The van der Waals surface area contributed by atoms with Gasteiger partial charge in [-0.25, -0.2) is 0 Å². The van der Waals surface area contributed by atoms with E-state index in [4.69, 9.17) is 28.0 Å². The number of fused-ring (bicyclic) bond motifs is 1. The zero-order valence-corrected chi connectivity index (χ0v) is 17.5. The lowest BCUT2D eigenvalue weighted by molar-refractivity contribution is -0.156. The highest BCUT2D eigenvalue weighted by molar-refractivity contribution is 6.35. The maximum Gasteiger partial charge on any atom is 0.446 e. The van der Waals surface area contributed by atoms with Gasteiger partial charge in [-0.1, -0.05) is 41.4 Å². The monoisotopic (exact) mass is 472 g/mol. The first-order valence-electron chi connectivity index (χ1n) is 9.28. The highest BCUT2D eigenvalue weighted by Gasteiger charge is 2.34. The Morgan fingerprint density at radius 2 is 1.65 bits per heavy atom. The molecule has 0 bridgehead atoms. The van der Waals surface area contributed by atoms with Crippen LogP contribution in [0, 0.1) is 0 Å². The van der Waals surface area contributed by atoms with Gasteiger partial charge in [0.25, 0.3) is 0 Å². The number of benzene rings is 2. The summed E-state index contributed by atoms with van der Waals surface area (Å²) < 4.78 is 31.2. The van der Waals surface area contributed by atoms with Gasteiger partial charge < -0.3 is 5.32 Å². The Labute approximate surface area is 186 Å². The number of rotatable bonds is 2. The van der Waals surface area contributed by atoms with E-state index in [2.05, 4.69) is 5.32 Å². The van der Waals surface area contributed by atoms with Crippen LogP contribution in [0.3, 0.4) is 0 Å². The van der Waals surface area contributed by atoms with E-state index in [0.29, 0.717) is 28.8 Å². The SMILES string of the molecule is O=C1CCC(=O)N1c1ccccc1[C@@H]1CNCc2c(Cl)cc(Cl)cc21.O=CC(F)(F)F. The molecule has 1 N–H and O–H groups in total. The molecule has 31 heavy (non-hydrogen) atoms. The zero-order valence-electron chi connectivity index (χ0n) is 16.0. The number of nitrogens with one attached hydrogen (secondary N) is 1. The average Bonchev–Trinajstić information content (AvgIpc) is 3.05. The van der Waals surface area contributed by atoms with Crippen LogP contribution in [-0.4, -0.2) is 30.8 Å². The Morgan fingerprint density at radius 1 is 1.03 bits per heavy atom. The van der Waals surface area contributed by atoms with E-state index in [9.17, 15) is 22.8 Å². The van der Waals surface area contributed by atoms with Gasteiger partial charge in [0, 0.05) is 41.9 Å². The lowest BCUT2D eigenvalue weighted by Crippen LogP contribution is -2.33. The van der Waals surface area contributed by atoms with Crippen molar-refractivity contribution in [3.8, 4) is 0 Å². The summed E-state index contributed by atoms with van der Waals surface area (Å²) in [6.45, 7) is 1.36. The molecule has 0 radical (unpaired) electrons. The molecular weight excluding hydrogens is 456 g/mol. The highest BCUT2D eigenvalue weighted by Crippen LogP contribution is 2.40. The highest BCUT2D eigenvalue weighted by atomic mass is 35.5. The summed E-state index contributed by atoms with van der Waals surface area (Å²) in [5.74, 6) is -0.325. The maximum absolute atomic E-state index is 12.2. The predicted molar refractivity (Wildman–Crippen MR) is 110 cm³/mol. The molecule has 5 nitrogen and oxygen atoms in total. The number of halogens is 5. The van der Waals surface area contributed by atoms with E-state index in [-0.39, 0.29) is 30.6 Å². The molecule has 164 valence electrons. The van der Waals surface area contributed by atoms with E-state index in [1.807, 2.05) is 30.3 Å². The fourth-order valence-corrected chi connectivity index (χ4v) is 4.26. The minimum absolute atomic E-state index is 0.0302. The fraction of sp³-hybridized carbons (Fsp3) is 0.286. The molecule has 2 heterocycles. The summed E-state index contributed by atoms with van der Waals surface area (Å²) >= 11 is 12.6. The number of hydrogen-bond donors (Lipinski definition) is 1. The first kappa shape index (κ1) is 23.2. The summed E-state index contributed by atoms with van der Waals surface area (Å²) in [4.78, 5) is 34.5. The van der Waals surface area contributed by atoms with Gasteiger partial charge in [0.1, 0.15) is 0 Å². The molecular formula is C21H17Cl2F3N2O3. The van der Waals surface area contributed by atoms with Gasteiger partial charge in [-0.15, -0.1) is 0 Å². The van der Waals surface area contributed by atoms with Crippen molar-refractivity contribution in [3.63, 3.8) is 0 Å². The van der Waals surface area contributed by atoms with E-state index >= 15 is 0 Å². The number of para-hydroxylation sites is 1. The van der Waals surface area contributed by atoms with Crippen molar-refractivity contribution in [1.82, 2.24) is 5.32 Å². The largest absolute Gasteiger partial charge is 0.446 e. The normalized spacial score (nSPS) is 18.4. The third kappa shape index (κ3) is 5.26.